The van der Waals surface area contributed by atoms with Crippen LogP contribution < -0.4 is 14.8 Å². The Morgan fingerprint density at radius 3 is 2.54 bits per heavy atom. The molecule has 0 spiro atoms. The van der Waals surface area contributed by atoms with Crippen molar-refractivity contribution in [3.05, 3.63) is 77.6 Å². The van der Waals surface area contributed by atoms with Crippen LogP contribution in [0.2, 0.25) is 0 Å². The molecule has 1 atom stereocenters. The van der Waals surface area contributed by atoms with Gasteiger partial charge in [0, 0.05) is 25.0 Å². The van der Waals surface area contributed by atoms with Crippen molar-refractivity contribution in [2.75, 3.05) is 14.2 Å². The van der Waals surface area contributed by atoms with Crippen molar-refractivity contribution in [3.63, 3.8) is 0 Å². The summed E-state index contributed by atoms with van der Waals surface area (Å²) in [6, 6.07) is 10.8. The fourth-order valence-corrected chi connectivity index (χ4v) is 3.01. The van der Waals surface area contributed by atoms with Gasteiger partial charge in [0.15, 0.2) is 0 Å². The van der Waals surface area contributed by atoms with Gasteiger partial charge in [0.2, 0.25) is 5.91 Å². The van der Waals surface area contributed by atoms with Crippen LogP contribution in [0.1, 0.15) is 23.0 Å². The Hall–Kier alpha value is -3.35. The highest BCUT2D eigenvalue weighted by Gasteiger charge is 2.21. The number of carbonyl (C=O) groups is 1. The molecule has 28 heavy (non-hydrogen) atoms. The van der Waals surface area contributed by atoms with Crippen molar-refractivity contribution in [2.24, 2.45) is 7.05 Å². The van der Waals surface area contributed by atoms with Crippen molar-refractivity contribution in [3.8, 4) is 11.5 Å². The Morgan fingerprint density at radius 2 is 1.93 bits per heavy atom. The van der Waals surface area contributed by atoms with Crippen LogP contribution in [0.25, 0.3) is 0 Å². The van der Waals surface area contributed by atoms with E-state index >= 15 is 0 Å². The Morgan fingerprint density at radius 1 is 1.18 bits per heavy atom. The minimum absolute atomic E-state index is 0.0997. The number of methoxy groups -OCH3 is 2. The summed E-state index contributed by atoms with van der Waals surface area (Å²) in [4.78, 5) is 17.2. The van der Waals surface area contributed by atoms with E-state index in [-0.39, 0.29) is 18.1 Å². The second kappa shape index (κ2) is 8.56. The summed E-state index contributed by atoms with van der Waals surface area (Å²) in [5.74, 6) is 1.34. The molecule has 1 unspecified atom stereocenters. The molecule has 146 valence electrons. The average molecular weight is 383 g/mol. The van der Waals surface area contributed by atoms with Gasteiger partial charge in [-0.2, -0.15) is 0 Å². The van der Waals surface area contributed by atoms with Gasteiger partial charge in [-0.1, -0.05) is 12.1 Å². The first-order chi connectivity index (χ1) is 13.5. The van der Waals surface area contributed by atoms with Crippen molar-refractivity contribution in [1.29, 1.82) is 0 Å². The van der Waals surface area contributed by atoms with Crippen LogP contribution in [0.15, 0.2) is 54.9 Å². The Bertz CT molecular complexity index is 954. The van der Waals surface area contributed by atoms with Gasteiger partial charge in [0.25, 0.3) is 0 Å². The van der Waals surface area contributed by atoms with E-state index in [9.17, 15) is 9.18 Å². The molecule has 0 aliphatic heterocycles. The summed E-state index contributed by atoms with van der Waals surface area (Å²) < 4.78 is 25.7. The summed E-state index contributed by atoms with van der Waals surface area (Å²) in [5.41, 5.74) is 1.44. The third kappa shape index (κ3) is 4.31. The fraction of sp³-hybridized carbons (Fsp3) is 0.238. The lowest BCUT2D eigenvalue weighted by molar-refractivity contribution is -0.121. The normalized spacial score (nSPS) is 11.7. The number of nitrogens with one attached hydrogen (secondary N) is 1. The quantitative estimate of drug-likeness (QED) is 0.681. The summed E-state index contributed by atoms with van der Waals surface area (Å²) in [5, 5.41) is 2.99. The Balaban J connectivity index is 1.86. The number of hydrogen-bond donors (Lipinski definition) is 1. The van der Waals surface area contributed by atoms with E-state index in [2.05, 4.69) is 10.3 Å². The van der Waals surface area contributed by atoms with Crippen molar-refractivity contribution in [1.82, 2.24) is 14.9 Å². The molecule has 0 radical (unpaired) electrons. The summed E-state index contributed by atoms with van der Waals surface area (Å²) in [7, 11) is 4.96. The van der Waals surface area contributed by atoms with Crippen molar-refractivity contribution >= 4 is 5.91 Å². The second-order valence-electron chi connectivity index (χ2n) is 6.30. The van der Waals surface area contributed by atoms with E-state index in [1.165, 1.54) is 12.1 Å². The van der Waals surface area contributed by atoms with Gasteiger partial charge in [0.05, 0.1) is 20.6 Å². The topological polar surface area (TPSA) is 65.4 Å². The van der Waals surface area contributed by atoms with E-state index < -0.39 is 6.04 Å². The van der Waals surface area contributed by atoms with Gasteiger partial charge in [-0.3, -0.25) is 4.79 Å². The van der Waals surface area contributed by atoms with Crippen LogP contribution in [0.4, 0.5) is 4.39 Å². The summed E-state index contributed by atoms with van der Waals surface area (Å²) in [6.45, 7) is 0. The van der Waals surface area contributed by atoms with E-state index in [1.54, 1.807) is 56.9 Å². The number of halogens is 1. The Kier molecular flexibility index (Phi) is 5.93. The maximum Gasteiger partial charge on any atom is 0.225 e. The number of rotatable bonds is 7. The molecule has 0 aliphatic rings. The highest BCUT2D eigenvalue weighted by molar-refractivity contribution is 5.80. The van der Waals surface area contributed by atoms with E-state index in [0.717, 1.165) is 5.56 Å². The third-order valence-electron chi connectivity index (χ3n) is 4.46. The SMILES string of the molecule is COc1ccc(OC)c(CC(=O)NC(c2ccc(F)cc2)c2nccn2C)c1. The first-order valence-electron chi connectivity index (χ1n) is 8.74. The first-order valence-corrected chi connectivity index (χ1v) is 8.74. The molecule has 3 rings (SSSR count). The fourth-order valence-electron chi connectivity index (χ4n) is 3.01. The van der Waals surface area contributed by atoms with Gasteiger partial charge in [0.1, 0.15) is 29.2 Å². The molecular weight excluding hydrogens is 361 g/mol. The number of benzene rings is 2. The zero-order chi connectivity index (χ0) is 20.1. The summed E-state index contributed by atoms with van der Waals surface area (Å²) >= 11 is 0. The molecule has 1 N–H and O–H groups in total. The van der Waals surface area contributed by atoms with Gasteiger partial charge in [-0.15, -0.1) is 0 Å². The van der Waals surface area contributed by atoms with E-state index in [1.807, 2.05) is 11.6 Å². The largest absolute Gasteiger partial charge is 0.497 e. The van der Waals surface area contributed by atoms with E-state index in [0.29, 0.717) is 22.9 Å². The standard InChI is InChI=1S/C21H22FN3O3/c1-25-11-10-23-21(25)20(14-4-6-16(22)7-5-14)24-19(26)13-15-12-17(27-2)8-9-18(15)28-3/h4-12,20H,13H2,1-3H3,(H,24,26). The monoisotopic (exact) mass is 383 g/mol. The zero-order valence-corrected chi connectivity index (χ0v) is 16.0. The molecule has 6 nitrogen and oxygen atoms in total. The number of aryl methyl sites for hydroxylation is 1. The van der Waals surface area contributed by atoms with Crippen LogP contribution in [-0.4, -0.2) is 29.7 Å². The highest BCUT2D eigenvalue weighted by atomic mass is 19.1. The van der Waals surface area contributed by atoms with Gasteiger partial charge in [-0.25, -0.2) is 9.37 Å². The minimum atomic E-state index is -0.510. The molecule has 7 heteroatoms. The molecule has 0 aliphatic carbocycles. The Labute approximate surface area is 162 Å². The number of ether oxygens (including phenoxy) is 2. The molecule has 2 aromatic carbocycles. The molecule has 0 fully saturated rings. The lowest BCUT2D eigenvalue weighted by Crippen LogP contribution is -2.32. The second-order valence-corrected chi connectivity index (χ2v) is 6.30. The van der Waals surface area contributed by atoms with Crippen LogP contribution >= 0.6 is 0 Å². The lowest BCUT2D eigenvalue weighted by Gasteiger charge is -2.20. The van der Waals surface area contributed by atoms with Gasteiger partial charge < -0.3 is 19.4 Å². The maximum absolute atomic E-state index is 13.3. The molecule has 0 saturated heterocycles. The molecule has 3 aromatic rings. The molecule has 1 amide bonds. The molecular formula is C21H22FN3O3. The molecule has 0 bridgehead atoms. The predicted molar refractivity (Wildman–Crippen MR) is 103 cm³/mol. The molecule has 1 heterocycles. The van der Waals surface area contributed by atoms with E-state index in [4.69, 9.17) is 9.47 Å². The van der Waals surface area contributed by atoms with Crippen LogP contribution in [-0.2, 0) is 18.3 Å². The van der Waals surface area contributed by atoms with Crippen LogP contribution in [0.3, 0.4) is 0 Å². The van der Waals surface area contributed by atoms with Crippen molar-refractivity contribution < 1.29 is 18.7 Å². The third-order valence-corrected chi connectivity index (χ3v) is 4.46. The zero-order valence-electron chi connectivity index (χ0n) is 16.0. The minimum Gasteiger partial charge on any atom is -0.497 e. The number of nitrogens with zero attached hydrogens (tertiary/aromatic N) is 2. The van der Waals surface area contributed by atoms with Crippen molar-refractivity contribution in [2.45, 2.75) is 12.5 Å². The average Bonchev–Trinajstić information content (AvgIpc) is 3.12. The van der Waals surface area contributed by atoms with Crippen LogP contribution in [0, 0.1) is 5.82 Å². The lowest BCUT2D eigenvalue weighted by atomic mass is 10.0. The van der Waals surface area contributed by atoms with Gasteiger partial charge >= 0.3 is 0 Å². The highest BCUT2D eigenvalue weighted by Crippen LogP contribution is 2.25. The number of amides is 1. The summed E-state index contributed by atoms with van der Waals surface area (Å²) in [6.07, 6.45) is 3.55. The molecule has 1 aromatic heterocycles. The number of hydrogen-bond acceptors (Lipinski definition) is 4. The van der Waals surface area contributed by atoms with Crippen LogP contribution in [0.5, 0.6) is 11.5 Å². The smallest absolute Gasteiger partial charge is 0.225 e. The molecule has 0 saturated carbocycles. The van der Waals surface area contributed by atoms with Gasteiger partial charge in [-0.05, 0) is 35.9 Å². The number of aromatic nitrogens is 2. The maximum atomic E-state index is 13.3. The predicted octanol–water partition coefficient (Wildman–Crippen LogP) is 3.02. The first kappa shape index (κ1) is 19.4. The number of imidazole rings is 1. The number of carbonyl (C=O) groups excluding carboxylic acids is 1.